The number of hydrogen-bond acceptors (Lipinski definition) is 2. The van der Waals surface area contributed by atoms with Crippen molar-refractivity contribution in [3.05, 3.63) is 71.8 Å². The van der Waals surface area contributed by atoms with Gasteiger partial charge in [0.25, 0.3) is 0 Å². The topological polar surface area (TPSA) is 35.8 Å². The van der Waals surface area contributed by atoms with E-state index in [9.17, 15) is 5.26 Å². The maximum absolute atomic E-state index is 9.29. The van der Waals surface area contributed by atoms with Gasteiger partial charge in [-0.05, 0) is 24.5 Å². The lowest BCUT2D eigenvalue weighted by Crippen LogP contribution is -2.31. The van der Waals surface area contributed by atoms with Crippen LogP contribution in [0, 0.1) is 11.3 Å². The van der Waals surface area contributed by atoms with Gasteiger partial charge in [0.1, 0.15) is 0 Å². The second kappa shape index (κ2) is 7.47. The minimum Gasteiger partial charge on any atom is -0.312 e. The third-order valence-corrected chi connectivity index (χ3v) is 3.41. The first-order chi connectivity index (χ1) is 9.79. The standard InChI is InChI=1S/C18H20N2/c1-15(12-16-8-4-2-5-9-16)20-14-18(13-19)17-10-6-3-7-11-17/h2-11,15,18,20H,12,14H2,1H3. The number of hydrogen-bond donors (Lipinski definition) is 1. The maximum atomic E-state index is 9.29. The molecule has 2 unspecified atom stereocenters. The summed E-state index contributed by atoms with van der Waals surface area (Å²) >= 11 is 0. The summed E-state index contributed by atoms with van der Waals surface area (Å²) in [7, 11) is 0. The van der Waals surface area contributed by atoms with E-state index in [1.54, 1.807) is 0 Å². The zero-order valence-electron chi connectivity index (χ0n) is 11.8. The smallest absolute Gasteiger partial charge is 0.0837 e. The summed E-state index contributed by atoms with van der Waals surface area (Å²) in [6, 6.07) is 23.1. The van der Waals surface area contributed by atoms with E-state index in [1.807, 2.05) is 36.4 Å². The Morgan fingerprint density at radius 1 is 1.00 bits per heavy atom. The SMILES string of the molecule is CC(Cc1ccccc1)NCC(C#N)c1ccccc1. The van der Waals surface area contributed by atoms with Crippen molar-refractivity contribution in [1.82, 2.24) is 5.32 Å². The lowest BCUT2D eigenvalue weighted by molar-refractivity contribution is 0.533. The molecular formula is C18H20N2. The van der Waals surface area contributed by atoms with Crippen molar-refractivity contribution in [3.8, 4) is 6.07 Å². The van der Waals surface area contributed by atoms with Crippen LogP contribution in [-0.4, -0.2) is 12.6 Å². The summed E-state index contributed by atoms with van der Waals surface area (Å²) < 4.78 is 0. The predicted molar refractivity (Wildman–Crippen MR) is 82.4 cm³/mol. The highest BCUT2D eigenvalue weighted by molar-refractivity contribution is 5.25. The van der Waals surface area contributed by atoms with E-state index in [4.69, 9.17) is 0 Å². The molecule has 20 heavy (non-hydrogen) atoms. The first-order valence-corrected chi connectivity index (χ1v) is 7.01. The highest BCUT2D eigenvalue weighted by Crippen LogP contribution is 2.13. The van der Waals surface area contributed by atoms with Gasteiger partial charge in [0.15, 0.2) is 0 Å². The third-order valence-electron chi connectivity index (χ3n) is 3.41. The Bertz CT molecular complexity index is 543. The quantitative estimate of drug-likeness (QED) is 0.866. The van der Waals surface area contributed by atoms with Gasteiger partial charge in [-0.3, -0.25) is 0 Å². The lowest BCUT2D eigenvalue weighted by atomic mass is 10.00. The van der Waals surface area contributed by atoms with Gasteiger partial charge in [-0.1, -0.05) is 60.7 Å². The third kappa shape index (κ3) is 4.22. The Morgan fingerprint density at radius 2 is 1.60 bits per heavy atom. The monoisotopic (exact) mass is 264 g/mol. The Morgan fingerprint density at radius 3 is 2.20 bits per heavy atom. The first-order valence-electron chi connectivity index (χ1n) is 7.01. The number of nitriles is 1. The van der Waals surface area contributed by atoms with Crippen molar-refractivity contribution in [1.29, 1.82) is 5.26 Å². The molecule has 2 aromatic carbocycles. The van der Waals surface area contributed by atoms with Crippen LogP contribution in [0.25, 0.3) is 0 Å². The van der Waals surface area contributed by atoms with E-state index in [0.29, 0.717) is 12.6 Å². The average molecular weight is 264 g/mol. The fourth-order valence-electron chi connectivity index (χ4n) is 2.28. The van der Waals surface area contributed by atoms with Crippen LogP contribution in [0.1, 0.15) is 24.0 Å². The molecule has 0 heterocycles. The molecule has 0 radical (unpaired) electrons. The molecule has 0 aromatic heterocycles. The number of rotatable bonds is 6. The Labute approximate surface area is 121 Å². The van der Waals surface area contributed by atoms with Gasteiger partial charge in [-0.2, -0.15) is 5.26 Å². The zero-order chi connectivity index (χ0) is 14.2. The molecule has 0 fully saturated rings. The maximum Gasteiger partial charge on any atom is 0.0837 e. The van der Waals surface area contributed by atoms with E-state index >= 15 is 0 Å². The van der Waals surface area contributed by atoms with Crippen molar-refractivity contribution in [3.63, 3.8) is 0 Å². The molecule has 2 heteroatoms. The summed E-state index contributed by atoms with van der Waals surface area (Å²) in [6.07, 6.45) is 0.980. The molecule has 0 aliphatic carbocycles. The van der Waals surface area contributed by atoms with Gasteiger partial charge in [-0.15, -0.1) is 0 Å². The van der Waals surface area contributed by atoms with Crippen molar-refractivity contribution >= 4 is 0 Å². The summed E-state index contributed by atoms with van der Waals surface area (Å²) in [6.45, 7) is 2.85. The fraction of sp³-hybridized carbons (Fsp3) is 0.278. The van der Waals surface area contributed by atoms with Crippen LogP contribution in [0.2, 0.25) is 0 Å². The molecule has 0 amide bonds. The normalized spacial score (nSPS) is 13.4. The van der Waals surface area contributed by atoms with Crippen LogP contribution in [0.3, 0.4) is 0 Å². The van der Waals surface area contributed by atoms with Crippen molar-refractivity contribution in [2.45, 2.75) is 25.3 Å². The molecule has 0 aliphatic heterocycles. The summed E-state index contributed by atoms with van der Waals surface area (Å²) in [5.74, 6) is -0.0885. The van der Waals surface area contributed by atoms with Crippen molar-refractivity contribution in [2.24, 2.45) is 0 Å². The van der Waals surface area contributed by atoms with Gasteiger partial charge in [0.05, 0.1) is 12.0 Å². The van der Waals surface area contributed by atoms with Crippen LogP contribution < -0.4 is 5.32 Å². The molecule has 2 rings (SSSR count). The van der Waals surface area contributed by atoms with E-state index in [-0.39, 0.29) is 5.92 Å². The largest absolute Gasteiger partial charge is 0.312 e. The van der Waals surface area contributed by atoms with E-state index in [2.05, 4.69) is 42.6 Å². The van der Waals surface area contributed by atoms with E-state index < -0.39 is 0 Å². The Kier molecular flexibility index (Phi) is 5.34. The Hall–Kier alpha value is -2.11. The van der Waals surface area contributed by atoms with Crippen LogP contribution in [-0.2, 0) is 6.42 Å². The van der Waals surface area contributed by atoms with Crippen molar-refractivity contribution < 1.29 is 0 Å². The second-order valence-electron chi connectivity index (χ2n) is 5.09. The van der Waals surface area contributed by atoms with E-state index in [1.165, 1.54) is 5.56 Å². The van der Waals surface area contributed by atoms with Gasteiger partial charge in [0, 0.05) is 12.6 Å². The molecule has 102 valence electrons. The zero-order valence-corrected chi connectivity index (χ0v) is 11.8. The van der Waals surface area contributed by atoms with Crippen LogP contribution in [0.15, 0.2) is 60.7 Å². The van der Waals surface area contributed by atoms with Crippen LogP contribution in [0.5, 0.6) is 0 Å². The van der Waals surface area contributed by atoms with Gasteiger partial charge >= 0.3 is 0 Å². The number of benzene rings is 2. The fourth-order valence-corrected chi connectivity index (χ4v) is 2.28. The molecule has 2 nitrogen and oxygen atoms in total. The number of nitrogens with one attached hydrogen (secondary N) is 1. The number of nitrogens with zero attached hydrogens (tertiary/aromatic N) is 1. The first kappa shape index (κ1) is 14.3. The molecule has 0 spiro atoms. The lowest BCUT2D eigenvalue weighted by Gasteiger charge is -2.16. The summed E-state index contributed by atoms with van der Waals surface area (Å²) in [4.78, 5) is 0. The minimum absolute atomic E-state index is 0.0885. The molecule has 2 aromatic rings. The molecule has 0 saturated carbocycles. The summed E-state index contributed by atoms with van der Waals surface area (Å²) in [5, 5.41) is 12.8. The highest BCUT2D eigenvalue weighted by Gasteiger charge is 2.11. The molecular weight excluding hydrogens is 244 g/mol. The molecule has 2 atom stereocenters. The predicted octanol–water partition coefficient (Wildman–Crippen LogP) is 3.51. The van der Waals surface area contributed by atoms with Gasteiger partial charge < -0.3 is 5.32 Å². The highest BCUT2D eigenvalue weighted by atomic mass is 14.9. The van der Waals surface area contributed by atoms with Gasteiger partial charge in [0.2, 0.25) is 0 Å². The molecule has 0 saturated heterocycles. The molecule has 0 bridgehead atoms. The molecule has 1 N–H and O–H groups in total. The van der Waals surface area contributed by atoms with Gasteiger partial charge in [-0.25, -0.2) is 0 Å². The van der Waals surface area contributed by atoms with Crippen molar-refractivity contribution in [2.75, 3.05) is 6.54 Å². The second-order valence-corrected chi connectivity index (χ2v) is 5.09. The Balaban J connectivity index is 1.86. The van der Waals surface area contributed by atoms with Crippen LogP contribution in [0.4, 0.5) is 0 Å². The summed E-state index contributed by atoms with van der Waals surface area (Å²) in [5.41, 5.74) is 2.40. The minimum atomic E-state index is -0.0885. The molecule has 0 aliphatic rings. The van der Waals surface area contributed by atoms with Crippen LogP contribution >= 0.6 is 0 Å². The van der Waals surface area contributed by atoms with E-state index in [0.717, 1.165) is 12.0 Å². The average Bonchev–Trinajstić information content (AvgIpc) is 2.50.